The van der Waals surface area contributed by atoms with Crippen molar-refractivity contribution in [1.82, 2.24) is 0 Å². The molecule has 0 radical (unpaired) electrons. The van der Waals surface area contributed by atoms with Gasteiger partial charge in [-0.25, -0.2) is 0 Å². The van der Waals surface area contributed by atoms with Gasteiger partial charge in [0.1, 0.15) is 0 Å². The van der Waals surface area contributed by atoms with Gasteiger partial charge >= 0.3 is 0 Å². The van der Waals surface area contributed by atoms with Crippen molar-refractivity contribution < 1.29 is 0 Å². The molecule has 0 N–H and O–H groups in total. The molecule has 4 aromatic rings. The molecule has 0 aromatic heterocycles. The SMILES string of the molecule is c1ccc2c(c1)-c1ccccc1S21c2ccccc2-c2ccccc21. The molecular formula is C24H16S. The van der Waals surface area contributed by atoms with E-state index in [4.69, 9.17) is 0 Å². The molecule has 4 aromatic carbocycles. The van der Waals surface area contributed by atoms with Crippen LogP contribution in [0.1, 0.15) is 0 Å². The predicted octanol–water partition coefficient (Wildman–Crippen LogP) is 6.99. The van der Waals surface area contributed by atoms with Gasteiger partial charge in [0, 0.05) is 19.6 Å². The minimum absolute atomic E-state index is 1.36. The summed E-state index contributed by atoms with van der Waals surface area (Å²) < 4.78 is 0. The van der Waals surface area contributed by atoms with Crippen LogP contribution in [0.2, 0.25) is 0 Å². The molecule has 2 aliphatic rings. The largest absolute Gasteiger partial charge is 0.130 e. The van der Waals surface area contributed by atoms with Gasteiger partial charge in [0.2, 0.25) is 0 Å². The summed E-state index contributed by atoms with van der Waals surface area (Å²) in [5.41, 5.74) is 5.61. The van der Waals surface area contributed by atoms with Gasteiger partial charge in [0.05, 0.1) is 0 Å². The zero-order chi connectivity index (χ0) is 16.4. The fraction of sp³-hybridized carbons (Fsp3) is 0. The van der Waals surface area contributed by atoms with Crippen LogP contribution in [0.25, 0.3) is 22.3 Å². The Balaban J connectivity index is 1.89. The van der Waals surface area contributed by atoms with E-state index in [1.165, 1.54) is 41.8 Å². The highest BCUT2D eigenvalue weighted by molar-refractivity contribution is 8.34. The van der Waals surface area contributed by atoms with Crippen LogP contribution in [0.15, 0.2) is 117 Å². The number of hydrogen-bond acceptors (Lipinski definition) is 0. The van der Waals surface area contributed by atoms with E-state index in [9.17, 15) is 0 Å². The van der Waals surface area contributed by atoms with E-state index in [1.54, 1.807) is 0 Å². The maximum absolute atomic E-state index is 2.35. The molecule has 0 saturated heterocycles. The van der Waals surface area contributed by atoms with E-state index in [1.807, 2.05) is 0 Å². The first-order valence-electron chi connectivity index (χ1n) is 8.63. The van der Waals surface area contributed by atoms with Crippen molar-refractivity contribution >= 4 is 10.0 Å². The third kappa shape index (κ3) is 1.46. The lowest BCUT2D eigenvalue weighted by Crippen LogP contribution is -1.97. The van der Waals surface area contributed by atoms with Crippen LogP contribution in [0.5, 0.6) is 0 Å². The normalized spacial score (nSPS) is 16.0. The molecule has 0 saturated carbocycles. The van der Waals surface area contributed by atoms with E-state index < -0.39 is 10.0 Å². The van der Waals surface area contributed by atoms with Crippen molar-refractivity contribution in [1.29, 1.82) is 0 Å². The number of fused-ring (bicyclic) bond motifs is 10. The van der Waals surface area contributed by atoms with Gasteiger partial charge in [-0.15, -0.1) is 10.0 Å². The van der Waals surface area contributed by atoms with Crippen molar-refractivity contribution in [2.75, 3.05) is 0 Å². The van der Waals surface area contributed by atoms with Gasteiger partial charge < -0.3 is 0 Å². The topological polar surface area (TPSA) is 0 Å². The first-order valence-corrected chi connectivity index (χ1v) is 10.3. The van der Waals surface area contributed by atoms with Gasteiger partial charge in [0.15, 0.2) is 0 Å². The van der Waals surface area contributed by atoms with Crippen LogP contribution in [0, 0.1) is 0 Å². The van der Waals surface area contributed by atoms with Crippen LogP contribution < -0.4 is 0 Å². The van der Waals surface area contributed by atoms with E-state index in [0.717, 1.165) is 0 Å². The lowest BCUT2D eigenvalue weighted by molar-refractivity contribution is 1.37. The fourth-order valence-electron chi connectivity index (χ4n) is 4.54. The molecule has 0 fully saturated rings. The Morgan fingerprint density at radius 1 is 0.320 bits per heavy atom. The van der Waals surface area contributed by atoms with Crippen molar-refractivity contribution in [2.45, 2.75) is 19.6 Å². The number of benzene rings is 4. The minimum atomic E-state index is -1.36. The maximum atomic E-state index is 2.35. The molecule has 0 aliphatic carbocycles. The Morgan fingerprint density at radius 3 is 0.840 bits per heavy atom. The zero-order valence-electron chi connectivity index (χ0n) is 13.6. The third-order valence-corrected chi connectivity index (χ3v) is 9.51. The van der Waals surface area contributed by atoms with Gasteiger partial charge in [-0.3, -0.25) is 0 Å². The molecule has 2 heterocycles. The second-order valence-corrected chi connectivity index (χ2v) is 9.58. The number of rotatable bonds is 0. The summed E-state index contributed by atoms with van der Waals surface area (Å²) >= 11 is 0. The van der Waals surface area contributed by atoms with Crippen LogP contribution in [0.3, 0.4) is 0 Å². The molecular weight excluding hydrogens is 320 g/mol. The summed E-state index contributed by atoms with van der Waals surface area (Å²) in [4.78, 5) is 5.98. The highest BCUT2D eigenvalue weighted by Gasteiger charge is 2.47. The van der Waals surface area contributed by atoms with Gasteiger partial charge in [0.25, 0.3) is 0 Å². The summed E-state index contributed by atoms with van der Waals surface area (Å²) in [6.45, 7) is 0. The molecule has 25 heavy (non-hydrogen) atoms. The Labute approximate surface area is 149 Å². The third-order valence-electron chi connectivity index (χ3n) is 5.45. The maximum Gasteiger partial charge on any atom is 0.0102 e. The average molecular weight is 336 g/mol. The molecule has 0 amide bonds. The second kappa shape index (κ2) is 4.65. The second-order valence-electron chi connectivity index (χ2n) is 6.60. The standard InChI is InChI=1S/C24H16S/c1-5-13-21-17(9-1)18-10-2-6-14-22(18)25(21)23-15-7-3-11-19(23)20-12-4-8-16-24(20)25/h1-16H. The van der Waals surface area contributed by atoms with Gasteiger partial charge in [-0.05, 0) is 46.5 Å². The Hall–Kier alpha value is -2.77. The summed E-state index contributed by atoms with van der Waals surface area (Å²) in [6.07, 6.45) is 0. The summed E-state index contributed by atoms with van der Waals surface area (Å²) in [6, 6.07) is 36.0. The average Bonchev–Trinajstić information content (AvgIpc) is 3.16. The quantitative estimate of drug-likeness (QED) is 0.280. The minimum Gasteiger partial charge on any atom is -0.130 e. The summed E-state index contributed by atoms with van der Waals surface area (Å²) in [7, 11) is -1.36. The Kier molecular flexibility index (Phi) is 2.51. The van der Waals surface area contributed by atoms with Gasteiger partial charge in [-0.2, -0.15) is 0 Å². The molecule has 1 spiro atoms. The lowest BCUT2D eigenvalue weighted by Gasteiger charge is -2.36. The zero-order valence-corrected chi connectivity index (χ0v) is 14.5. The molecule has 2 aliphatic heterocycles. The molecule has 0 atom stereocenters. The Morgan fingerprint density at radius 2 is 0.560 bits per heavy atom. The van der Waals surface area contributed by atoms with Crippen molar-refractivity contribution in [3.8, 4) is 22.3 Å². The van der Waals surface area contributed by atoms with Crippen LogP contribution in [-0.4, -0.2) is 0 Å². The fourth-order valence-corrected chi connectivity index (χ4v) is 9.12. The van der Waals surface area contributed by atoms with Crippen LogP contribution in [0.4, 0.5) is 0 Å². The Bertz CT molecular complexity index is 968. The molecule has 118 valence electrons. The molecule has 6 rings (SSSR count). The van der Waals surface area contributed by atoms with E-state index in [2.05, 4.69) is 97.1 Å². The molecule has 1 heteroatoms. The van der Waals surface area contributed by atoms with Crippen molar-refractivity contribution in [3.63, 3.8) is 0 Å². The first-order chi connectivity index (χ1) is 12.4. The first kappa shape index (κ1) is 13.5. The molecule has 0 unspecified atom stereocenters. The van der Waals surface area contributed by atoms with E-state index in [0.29, 0.717) is 0 Å². The van der Waals surface area contributed by atoms with Crippen molar-refractivity contribution in [2.24, 2.45) is 0 Å². The van der Waals surface area contributed by atoms with Crippen LogP contribution in [-0.2, 0) is 0 Å². The van der Waals surface area contributed by atoms with E-state index >= 15 is 0 Å². The van der Waals surface area contributed by atoms with E-state index in [-0.39, 0.29) is 0 Å². The smallest absolute Gasteiger partial charge is 0.0102 e. The monoisotopic (exact) mass is 336 g/mol. The van der Waals surface area contributed by atoms with Crippen molar-refractivity contribution in [3.05, 3.63) is 97.1 Å². The highest BCUT2D eigenvalue weighted by Crippen LogP contribution is 2.84. The summed E-state index contributed by atoms with van der Waals surface area (Å²) in [5, 5.41) is 0. The lowest BCUT2D eigenvalue weighted by atomic mass is 10.1. The predicted molar refractivity (Wildman–Crippen MR) is 104 cm³/mol. The van der Waals surface area contributed by atoms with Crippen LogP contribution >= 0.6 is 10.0 Å². The summed E-state index contributed by atoms with van der Waals surface area (Å²) in [5.74, 6) is 0. The highest BCUT2D eigenvalue weighted by atomic mass is 32.3. The number of hydrogen-bond donors (Lipinski definition) is 0. The molecule has 0 nitrogen and oxygen atoms in total. The molecule has 0 bridgehead atoms. The van der Waals surface area contributed by atoms with Gasteiger partial charge in [-0.1, -0.05) is 72.8 Å².